The molecule has 0 unspecified atom stereocenters. The average Bonchev–Trinajstić information content (AvgIpc) is 1.83. The fourth-order valence-electron chi connectivity index (χ4n) is 8.12. The summed E-state index contributed by atoms with van der Waals surface area (Å²) in [5.74, 6) is -0.678. The highest BCUT2D eigenvalue weighted by Gasteiger charge is 2.35. The summed E-state index contributed by atoms with van der Waals surface area (Å²) < 4.78 is 116. The lowest BCUT2D eigenvalue weighted by Gasteiger charge is -2.12. The average molecular weight is 1600 g/mol. The Bertz CT molecular complexity index is 2910. The second-order valence-corrected chi connectivity index (χ2v) is 26.5. The van der Waals surface area contributed by atoms with Gasteiger partial charge in [-0.3, -0.25) is 0 Å². The van der Waals surface area contributed by atoms with E-state index in [-0.39, 0.29) is 43.1 Å². The third-order valence-electron chi connectivity index (χ3n) is 12.3. The van der Waals surface area contributed by atoms with Gasteiger partial charge in [0.15, 0.2) is 0 Å². The number of benzene rings is 8. The van der Waals surface area contributed by atoms with Gasteiger partial charge in [0.1, 0.15) is 17.5 Å². The molecule has 0 amide bonds. The lowest BCUT2D eigenvalue weighted by Crippen LogP contribution is -2.08. The van der Waals surface area contributed by atoms with Gasteiger partial charge < -0.3 is 0 Å². The van der Waals surface area contributed by atoms with Crippen LogP contribution in [0.2, 0.25) is 20.1 Å². The second-order valence-electron chi connectivity index (χ2n) is 20.8. The van der Waals surface area contributed by atoms with Crippen molar-refractivity contribution in [1.29, 1.82) is 0 Å². The van der Waals surface area contributed by atoms with Crippen LogP contribution < -0.4 is 0 Å². The summed E-state index contributed by atoms with van der Waals surface area (Å²) >= 11 is 38.9. The van der Waals surface area contributed by atoms with Crippen LogP contribution >= 0.6 is 126 Å². The molecule has 468 valence electrons. The number of halogens is 18. The molecule has 0 bridgehead atoms. The first-order chi connectivity index (χ1) is 39.3. The summed E-state index contributed by atoms with van der Waals surface area (Å²) in [5.41, 5.74) is 16.0. The summed E-state index contributed by atoms with van der Waals surface area (Å²) in [7, 11) is 0. The smallest absolute Gasteiger partial charge is 0.206 e. The van der Waals surface area contributed by atoms with Crippen molar-refractivity contribution < 1.29 is 39.5 Å². The number of aryl methyl sites for hydroxylation is 16. The highest BCUT2D eigenvalue weighted by molar-refractivity contribution is 9.11. The van der Waals surface area contributed by atoms with E-state index in [1.165, 1.54) is 93.7 Å². The fraction of sp³-hybridized carbons (Fsp3) is 0.294. The fourth-order valence-corrected chi connectivity index (χ4v) is 12.2. The van der Waals surface area contributed by atoms with Crippen LogP contribution in [0.1, 0.15) is 111 Å². The summed E-state index contributed by atoms with van der Waals surface area (Å²) in [4.78, 5) is 0. The van der Waals surface area contributed by atoms with Gasteiger partial charge in [-0.1, -0.05) is 127 Å². The molecule has 0 saturated carbocycles. The monoisotopic (exact) mass is 1590 g/mol. The maximum absolute atomic E-state index is 12.9. The topological polar surface area (TPSA) is 0 Å². The normalized spacial score (nSPS) is 10.6. The number of hydrogen-bond donors (Lipinski definition) is 0. The van der Waals surface area contributed by atoms with Crippen molar-refractivity contribution in [3.8, 4) is 0 Å². The largest absolute Gasteiger partial charge is 0.418 e. The standard InChI is InChI=1S/C9H8BrF3.C9H11Br.C9H8ClF3.C9H11Cl.C8H8BrCl.2C8H8BrF.C8H8ClF/c1-5-3-6(2)8(7(10)4-5)9(11,12)13;1-6-4-7(2)8(3)9(10)5-6;1-5-3-6(2)8(7(10)4-5)9(11,12)13;1-6-4-7(2)8(3)9(10)5-6;1-5-3-6(2)8(10)7(9)4-5;1-5-3-6(2)8(9)7(10)4-5;1-5-3-6(2)8(10)7(9)4-5;1-5-3-6(2)8(9)7(10)4-5/h3-4H,1-2H3;4-5H,1-3H3;3-4H,1-2H3;4-5H,1-3H3;4*3-4H,1-2H3. The lowest BCUT2D eigenvalue weighted by molar-refractivity contribution is -0.139. The van der Waals surface area contributed by atoms with Crippen molar-refractivity contribution in [1.82, 2.24) is 0 Å². The van der Waals surface area contributed by atoms with Gasteiger partial charge in [0, 0.05) is 18.4 Å². The molecule has 8 rings (SSSR count). The molecule has 0 aliphatic rings. The first kappa shape index (κ1) is 80.7. The Labute approximate surface area is 565 Å². The van der Waals surface area contributed by atoms with Crippen molar-refractivity contribution in [3.63, 3.8) is 0 Å². The van der Waals surface area contributed by atoms with Crippen molar-refractivity contribution in [2.75, 3.05) is 0 Å². The highest BCUT2D eigenvalue weighted by Crippen LogP contribution is 2.39. The molecular weight excluding hydrogens is 1530 g/mol. The van der Waals surface area contributed by atoms with E-state index in [4.69, 9.17) is 46.4 Å². The number of hydrogen-bond acceptors (Lipinski definition) is 0. The Morgan fingerprint density at radius 2 is 0.593 bits per heavy atom. The molecule has 0 fully saturated rings. The SMILES string of the molecule is Cc1cc(C)c(Br)c(F)c1.Cc1cc(C)c(C(F)(F)F)c(Br)c1.Cc1cc(C)c(C(F)(F)F)c(Cl)c1.Cc1cc(C)c(C)c(Br)c1.Cc1cc(C)c(C)c(Cl)c1.Cc1cc(C)c(Cl)c(Br)c1.Cc1cc(C)c(Cl)c(F)c1.Cc1cc(C)c(F)c(Br)c1. The van der Waals surface area contributed by atoms with Crippen molar-refractivity contribution in [2.24, 2.45) is 0 Å². The molecule has 8 aromatic carbocycles. The highest BCUT2D eigenvalue weighted by atomic mass is 79.9. The third kappa shape index (κ3) is 27.4. The van der Waals surface area contributed by atoms with Gasteiger partial charge in [0.2, 0.25) is 0 Å². The first-order valence-electron chi connectivity index (χ1n) is 26.1. The van der Waals surface area contributed by atoms with Crippen LogP contribution in [0.3, 0.4) is 0 Å². The number of alkyl halides is 6. The summed E-state index contributed by atoms with van der Waals surface area (Å²) in [5, 5.41) is 1.68. The van der Waals surface area contributed by atoms with Crippen LogP contribution in [0.5, 0.6) is 0 Å². The van der Waals surface area contributed by atoms with Crippen LogP contribution in [0, 0.1) is 142 Å². The van der Waals surface area contributed by atoms with Crippen LogP contribution in [0.4, 0.5) is 39.5 Å². The third-order valence-corrected chi connectivity index (χ3v) is 17.9. The molecule has 0 heterocycles. The summed E-state index contributed by atoms with van der Waals surface area (Å²) in [6.07, 6.45) is -8.65. The van der Waals surface area contributed by atoms with Gasteiger partial charge in [-0.05, 0) is 321 Å². The maximum atomic E-state index is 12.9. The van der Waals surface area contributed by atoms with E-state index in [2.05, 4.69) is 139 Å². The Morgan fingerprint density at radius 1 is 0.279 bits per heavy atom. The van der Waals surface area contributed by atoms with E-state index >= 15 is 0 Å². The lowest BCUT2D eigenvalue weighted by atomic mass is 10.1. The van der Waals surface area contributed by atoms with Crippen LogP contribution in [-0.4, -0.2) is 0 Å². The minimum absolute atomic E-state index is 0.109. The molecule has 8 aromatic rings. The Morgan fingerprint density at radius 3 is 0.965 bits per heavy atom. The van der Waals surface area contributed by atoms with E-state index in [1.807, 2.05) is 78.8 Å². The molecule has 0 N–H and O–H groups in total. The van der Waals surface area contributed by atoms with Gasteiger partial charge in [0.05, 0.1) is 35.1 Å². The van der Waals surface area contributed by atoms with Gasteiger partial charge >= 0.3 is 12.4 Å². The van der Waals surface area contributed by atoms with Gasteiger partial charge in [-0.25, -0.2) is 13.2 Å². The van der Waals surface area contributed by atoms with Gasteiger partial charge in [0.25, 0.3) is 0 Å². The van der Waals surface area contributed by atoms with E-state index in [9.17, 15) is 39.5 Å². The zero-order valence-electron chi connectivity index (χ0n) is 51.0. The van der Waals surface area contributed by atoms with E-state index in [0.717, 1.165) is 59.0 Å². The molecule has 0 aliphatic carbocycles. The maximum Gasteiger partial charge on any atom is 0.418 e. The summed E-state index contributed by atoms with van der Waals surface area (Å²) in [6, 6.07) is 28.6. The molecule has 0 aromatic heterocycles. The predicted octanol–water partition coefficient (Wildman–Crippen LogP) is 27.9. The van der Waals surface area contributed by atoms with Gasteiger partial charge in [-0.15, -0.1) is 0 Å². The molecule has 86 heavy (non-hydrogen) atoms. The Hall–Kier alpha value is -3.31. The van der Waals surface area contributed by atoms with Crippen molar-refractivity contribution in [3.05, 3.63) is 268 Å². The molecule has 0 saturated heterocycles. The molecule has 0 atom stereocenters. The molecular formula is C68H70Br5Cl4F9. The van der Waals surface area contributed by atoms with E-state index < -0.39 is 23.5 Å². The predicted molar refractivity (Wildman–Crippen MR) is 365 cm³/mol. The van der Waals surface area contributed by atoms with Crippen LogP contribution in [0.25, 0.3) is 0 Å². The minimum Gasteiger partial charge on any atom is -0.206 e. The molecule has 0 radical (unpaired) electrons. The Kier molecular flexibility index (Phi) is 34.3. The van der Waals surface area contributed by atoms with Gasteiger partial charge in [-0.2, -0.15) is 26.3 Å². The zero-order valence-corrected chi connectivity index (χ0v) is 62.0. The van der Waals surface area contributed by atoms with Crippen molar-refractivity contribution in [2.45, 2.75) is 137 Å². The quantitative estimate of drug-likeness (QED) is 0.133. The Balaban J connectivity index is 0.000000493. The molecule has 18 heteroatoms. The number of rotatable bonds is 0. The zero-order chi connectivity index (χ0) is 66.8. The van der Waals surface area contributed by atoms with Crippen LogP contribution in [-0.2, 0) is 12.4 Å². The van der Waals surface area contributed by atoms with Crippen molar-refractivity contribution >= 4 is 126 Å². The van der Waals surface area contributed by atoms with Crippen LogP contribution in [0.15, 0.2) is 119 Å². The van der Waals surface area contributed by atoms with E-state index in [1.54, 1.807) is 33.8 Å². The summed E-state index contributed by atoms with van der Waals surface area (Å²) in [6.45, 7) is 34.0. The molecule has 0 nitrogen and oxygen atoms in total. The minimum atomic E-state index is -4.37. The van der Waals surface area contributed by atoms with E-state index in [0.29, 0.717) is 14.5 Å². The second kappa shape index (κ2) is 36.5. The molecule has 0 spiro atoms. The molecule has 0 aliphatic heterocycles. The first-order valence-corrected chi connectivity index (χ1v) is 31.6.